The summed E-state index contributed by atoms with van der Waals surface area (Å²) in [6, 6.07) is 4.22. The molecule has 0 bridgehead atoms. The number of ether oxygens (including phenoxy) is 2. The molecular weight excluding hydrogens is 230 g/mol. The van der Waals surface area contributed by atoms with Crippen LogP contribution in [0.1, 0.15) is 37.4 Å². The monoisotopic (exact) mass is 251 g/mol. The predicted molar refractivity (Wildman–Crippen MR) is 69.9 cm³/mol. The van der Waals surface area contributed by atoms with Crippen LogP contribution in [0.2, 0.25) is 0 Å². The van der Waals surface area contributed by atoms with Crippen LogP contribution in [0.15, 0.2) is 12.1 Å². The van der Waals surface area contributed by atoms with Gasteiger partial charge in [-0.3, -0.25) is 0 Å². The smallest absolute Gasteiger partial charge is 0.166 e. The minimum atomic E-state index is -0.244. The second-order valence-electron chi connectivity index (χ2n) is 5.33. The summed E-state index contributed by atoms with van der Waals surface area (Å²) < 4.78 is 11.5. The maximum absolute atomic E-state index is 6.05. The Balaban J connectivity index is 2.51. The first-order valence-electron chi connectivity index (χ1n) is 6.13. The zero-order valence-corrected chi connectivity index (χ0v) is 11.7. The van der Waals surface area contributed by atoms with Gasteiger partial charge in [0.25, 0.3) is 0 Å². The molecule has 1 aliphatic rings. The SMILES string of the molecule is CONC1CC(C)(C)Oc2c(OC)cc(C)cc21. The van der Waals surface area contributed by atoms with E-state index in [1.807, 2.05) is 13.0 Å². The molecule has 1 aromatic carbocycles. The van der Waals surface area contributed by atoms with Gasteiger partial charge in [-0.1, -0.05) is 6.07 Å². The van der Waals surface area contributed by atoms with E-state index in [4.69, 9.17) is 14.3 Å². The van der Waals surface area contributed by atoms with Gasteiger partial charge in [0, 0.05) is 12.0 Å². The Morgan fingerprint density at radius 2 is 2.06 bits per heavy atom. The lowest BCUT2D eigenvalue weighted by atomic mass is 9.89. The van der Waals surface area contributed by atoms with Crippen LogP contribution in [0.4, 0.5) is 0 Å². The third kappa shape index (κ3) is 2.44. The molecule has 0 radical (unpaired) electrons. The Labute approximate surface area is 108 Å². The Morgan fingerprint density at radius 1 is 1.33 bits per heavy atom. The molecule has 0 amide bonds. The van der Waals surface area contributed by atoms with Gasteiger partial charge in [-0.05, 0) is 32.4 Å². The molecule has 1 aromatic rings. The summed E-state index contributed by atoms with van der Waals surface area (Å²) in [4.78, 5) is 5.10. The number of hydrogen-bond acceptors (Lipinski definition) is 4. The Kier molecular flexibility index (Phi) is 3.50. The summed E-state index contributed by atoms with van der Waals surface area (Å²) in [5.41, 5.74) is 5.04. The van der Waals surface area contributed by atoms with Gasteiger partial charge >= 0.3 is 0 Å². The molecule has 0 aromatic heterocycles. The van der Waals surface area contributed by atoms with Gasteiger partial charge < -0.3 is 14.3 Å². The number of rotatable bonds is 3. The highest BCUT2D eigenvalue weighted by atomic mass is 16.6. The maximum Gasteiger partial charge on any atom is 0.166 e. The molecule has 1 aliphatic heterocycles. The van der Waals surface area contributed by atoms with E-state index in [9.17, 15) is 0 Å². The van der Waals surface area contributed by atoms with Crippen molar-refractivity contribution in [1.82, 2.24) is 5.48 Å². The molecule has 0 saturated heterocycles. The average molecular weight is 251 g/mol. The largest absolute Gasteiger partial charge is 0.493 e. The van der Waals surface area contributed by atoms with Crippen LogP contribution >= 0.6 is 0 Å². The van der Waals surface area contributed by atoms with Crippen molar-refractivity contribution in [3.8, 4) is 11.5 Å². The van der Waals surface area contributed by atoms with Crippen molar-refractivity contribution < 1.29 is 14.3 Å². The molecule has 4 nitrogen and oxygen atoms in total. The van der Waals surface area contributed by atoms with Crippen LogP contribution in [0, 0.1) is 6.92 Å². The molecule has 18 heavy (non-hydrogen) atoms. The van der Waals surface area contributed by atoms with Crippen molar-refractivity contribution in [2.75, 3.05) is 14.2 Å². The number of aryl methyl sites for hydroxylation is 1. The van der Waals surface area contributed by atoms with Crippen LogP contribution in [0.25, 0.3) is 0 Å². The highest BCUT2D eigenvalue weighted by Crippen LogP contribution is 2.45. The number of benzene rings is 1. The second kappa shape index (κ2) is 4.78. The molecule has 0 spiro atoms. The molecule has 1 unspecified atom stereocenters. The molecule has 100 valence electrons. The summed E-state index contributed by atoms with van der Waals surface area (Å²) in [7, 11) is 3.30. The van der Waals surface area contributed by atoms with Crippen molar-refractivity contribution in [1.29, 1.82) is 0 Å². The fraction of sp³-hybridized carbons (Fsp3) is 0.571. The zero-order valence-electron chi connectivity index (χ0n) is 11.7. The maximum atomic E-state index is 6.05. The molecule has 1 heterocycles. The van der Waals surface area contributed by atoms with Gasteiger partial charge in [0.1, 0.15) is 5.60 Å². The zero-order chi connectivity index (χ0) is 13.3. The second-order valence-corrected chi connectivity index (χ2v) is 5.33. The molecule has 1 N–H and O–H groups in total. The van der Waals surface area contributed by atoms with E-state index in [-0.39, 0.29) is 11.6 Å². The van der Waals surface area contributed by atoms with Crippen LogP contribution in [-0.2, 0) is 4.84 Å². The fourth-order valence-corrected chi connectivity index (χ4v) is 2.45. The quantitative estimate of drug-likeness (QED) is 0.838. The predicted octanol–water partition coefficient (Wildman–Crippen LogP) is 2.76. The number of methoxy groups -OCH3 is 1. The molecule has 1 atom stereocenters. The van der Waals surface area contributed by atoms with E-state index in [1.54, 1.807) is 14.2 Å². The first-order chi connectivity index (χ1) is 8.46. The van der Waals surface area contributed by atoms with Crippen molar-refractivity contribution in [3.05, 3.63) is 23.3 Å². The molecule has 0 saturated carbocycles. The van der Waals surface area contributed by atoms with Crippen molar-refractivity contribution in [2.45, 2.75) is 38.8 Å². The first kappa shape index (κ1) is 13.2. The van der Waals surface area contributed by atoms with Crippen LogP contribution < -0.4 is 15.0 Å². The van der Waals surface area contributed by atoms with E-state index in [0.29, 0.717) is 0 Å². The van der Waals surface area contributed by atoms with E-state index in [2.05, 4.69) is 25.4 Å². The summed E-state index contributed by atoms with van der Waals surface area (Å²) in [5, 5.41) is 0. The van der Waals surface area contributed by atoms with Crippen LogP contribution in [-0.4, -0.2) is 19.8 Å². The molecule has 4 heteroatoms. The van der Waals surface area contributed by atoms with Gasteiger partial charge in [0.05, 0.1) is 20.3 Å². The lowest BCUT2D eigenvalue weighted by Crippen LogP contribution is -2.39. The molecule has 0 fully saturated rings. The van der Waals surface area contributed by atoms with Gasteiger partial charge in [-0.25, -0.2) is 0 Å². The van der Waals surface area contributed by atoms with E-state index >= 15 is 0 Å². The lowest BCUT2D eigenvalue weighted by molar-refractivity contribution is 0.00154. The molecular formula is C14H21NO3. The van der Waals surface area contributed by atoms with Gasteiger partial charge in [0.2, 0.25) is 0 Å². The fourth-order valence-electron chi connectivity index (χ4n) is 2.45. The summed E-state index contributed by atoms with van der Waals surface area (Å²) in [5.74, 6) is 1.59. The number of fused-ring (bicyclic) bond motifs is 1. The van der Waals surface area contributed by atoms with Gasteiger partial charge in [0.15, 0.2) is 11.5 Å². The lowest BCUT2D eigenvalue weighted by Gasteiger charge is -2.38. The van der Waals surface area contributed by atoms with Gasteiger partial charge in [-0.15, -0.1) is 0 Å². The Bertz CT molecular complexity index is 443. The summed E-state index contributed by atoms with van der Waals surface area (Å²) in [6.45, 7) is 6.19. The number of nitrogens with one attached hydrogen (secondary N) is 1. The van der Waals surface area contributed by atoms with Crippen molar-refractivity contribution in [3.63, 3.8) is 0 Å². The minimum Gasteiger partial charge on any atom is -0.493 e. The number of hydrogen-bond donors (Lipinski definition) is 1. The Hall–Kier alpha value is -1.26. The standard InChI is InChI=1S/C14H21NO3/c1-9-6-10-11(15-17-5)8-14(2,3)18-13(10)12(7-9)16-4/h6-7,11,15H,8H2,1-5H3. The van der Waals surface area contributed by atoms with Crippen LogP contribution in [0.5, 0.6) is 11.5 Å². The third-order valence-electron chi connectivity index (χ3n) is 3.16. The Morgan fingerprint density at radius 3 is 2.67 bits per heavy atom. The summed E-state index contributed by atoms with van der Waals surface area (Å²) in [6.07, 6.45) is 0.848. The average Bonchev–Trinajstić information content (AvgIpc) is 2.29. The topological polar surface area (TPSA) is 39.7 Å². The van der Waals surface area contributed by atoms with E-state index in [1.165, 1.54) is 0 Å². The molecule has 0 aliphatic carbocycles. The van der Waals surface area contributed by atoms with E-state index < -0.39 is 0 Å². The highest BCUT2D eigenvalue weighted by molar-refractivity contribution is 5.52. The normalized spacial score (nSPS) is 21.1. The first-order valence-corrected chi connectivity index (χ1v) is 6.13. The van der Waals surface area contributed by atoms with Crippen LogP contribution in [0.3, 0.4) is 0 Å². The van der Waals surface area contributed by atoms with Crippen molar-refractivity contribution >= 4 is 0 Å². The van der Waals surface area contributed by atoms with Crippen molar-refractivity contribution in [2.24, 2.45) is 0 Å². The summed E-state index contributed by atoms with van der Waals surface area (Å²) >= 11 is 0. The third-order valence-corrected chi connectivity index (χ3v) is 3.16. The highest BCUT2D eigenvalue weighted by Gasteiger charge is 2.35. The van der Waals surface area contributed by atoms with Gasteiger partial charge in [-0.2, -0.15) is 5.48 Å². The minimum absolute atomic E-state index is 0.113. The molecule has 2 rings (SSSR count). The number of hydroxylamine groups is 1. The van der Waals surface area contributed by atoms with E-state index in [0.717, 1.165) is 29.0 Å².